The second-order valence-electron chi connectivity index (χ2n) is 8.45. The van der Waals surface area contributed by atoms with Crippen molar-refractivity contribution in [1.29, 1.82) is 0 Å². The summed E-state index contributed by atoms with van der Waals surface area (Å²) in [7, 11) is 1.60. The number of nitrogens with zero attached hydrogens (tertiary/aromatic N) is 3. The zero-order valence-electron chi connectivity index (χ0n) is 17.9. The van der Waals surface area contributed by atoms with Crippen molar-refractivity contribution in [3.63, 3.8) is 0 Å². The number of benzene rings is 1. The first kappa shape index (κ1) is 20.5. The standard InChI is InChI=1S/C22H29N3O6/c1-28-18-12-16(2-3-17(18)30-15-21(27)23-6-9-29-10-7-23)14-24-5-4-22-19(24)13-20(26)25(22)8-11-31-22/h2-3,12,19H,4-11,13-15H2,1H3/t19-,22+/m1/s1. The third-order valence-electron chi connectivity index (χ3n) is 6.84. The second kappa shape index (κ2) is 8.29. The predicted octanol–water partition coefficient (Wildman–Crippen LogP) is 0.466. The van der Waals surface area contributed by atoms with Gasteiger partial charge in [0.1, 0.15) is 0 Å². The van der Waals surface area contributed by atoms with Crippen molar-refractivity contribution < 1.29 is 28.5 Å². The summed E-state index contributed by atoms with van der Waals surface area (Å²) in [6.45, 7) is 5.23. The van der Waals surface area contributed by atoms with Crippen LogP contribution in [-0.4, -0.2) is 98.0 Å². The number of carbonyl (C=O) groups excluding carboxylic acids is 2. The summed E-state index contributed by atoms with van der Waals surface area (Å²) in [5, 5.41) is 0. The number of ether oxygens (including phenoxy) is 4. The summed E-state index contributed by atoms with van der Waals surface area (Å²) in [5.74, 6) is 1.29. The van der Waals surface area contributed by atoms with Crippen molar-refractivity contribution in [1.82, 2.24) is 14.7 Å². The van der Waals surface area contributed by atoms with Crippen molar-refractivity contribution in [2.75, 3.05) is 59.7 Å². The van der Waals surface area contributed by atoms with Gasteiger partial charge in [0.15, 0.2) is 23.8 Å². The van der Waals surface area contributed by atoms with Crippen molar-refractivity contribution >= 4 is 11.8 Å². The van der Waals surface area contributed by atoms with E-state index in [1.165, 1.54) is 0 Å². The lowest BCUT2D eigenvalue weighted by Crippen LogP contribution is -2.47. The minimum atomic E-state index is -0.427. The van der Waals surface area contributed by atoms with Crippen LogP contribution in [0.25, 0.3) is 0 Å². The molecule has 9 heteroatoms. The molecule has 0 N–H and O–H groups in total. The molecule has 9 nitrogen and oxygen atoms in total. The molecule has 0 radical (unpaired) electrons. The molecular weight excluding hydrogens is 402 g/mol. The highest BCUT2D eigenvalue weighted by Gasteiger charge is 2.61. The molecule has 0 unspecified atom stereocenters. The van der Waals surface area contributed by atoms with Crippen molar-refractivity contribution in [3.8, 4) is 11.5 Å². The molecular formula is C22H29N3O6. The Balaban J connectivity index is 1.23. The first-order chi connectivity index (χ1) is 15.1. The Bertz CT molecular complexity index is 858. The molecule has 4 fully saturated rings. The van der Waals surface area contributed by atoms with Crippen LogP contribution < -0.4 is 9.47 Å². The van der Waals surface area contributed by atoms with Gasteiger partial charge < -0.3 is 28.7 Å². The summed E-state index contributed by atoms with van der Waals surface area (Å²) in [4.78, 5) is 30.8. The van der Waals surface area contributed by atoms with Crippen LogP contribution in [0.3, 0.4) is 0 Å². The zero-order valence-corrected chi connectivity index (χ0v) is 17.9. The lowest BCUT2D eigenvalue weighted by molar-refractivity contribution is -0.137. The number of morpholine rings is 1. The largest absolute Gasteiger partial charge is 0.493 e. The summed E-state index contributed by atoms with van der Waals surface area (Å²) < 4.78 is 22.6. The van der Waals surface area contributed by atoms with Gasteiger partial charge in [-0.1, -0.05) is 6.07 Å². The minimum absolute atomic E-state index is 0.0261. The van der Waals surface area contributed by atoms with Crippen LogP contribution in [0, 0.1) is 0 Å². The van der Waals surface area contributed by atoms with E-state index in [1.807, 2.05) is 23.1 Å². The van der Waals surface area contributed by atoms with E-state index >= 15 is 0 Å². The van der Waals surface area contributed by atoms with Crippen molar-refractivity contribution in [3.05, 3.63) is 23.8 Å². The fraction of sp³-hybridized carbons (Fsp3) is 0.636. The van der Waals surface area contributed by atoms with E-state index in [4.69, 9.17) is 18.9 Å². The quantitative estimate of drug-likeness (QED) is 0.648. The number of hydrogen-bond donors (Lipinski definition) is 0. The average Bonchev–Trinajstić information content (AvgIpc) is 3.44. The minimum Gasteiger partial charge on any atom is -0.493 e. The lowest BCUT2D eigenvalue weighted by Gasteiger charge is -2.31. The Morgan fingerprint density at radius 2 is 2.00 bits per heavy atom. The van der Waals surface area contributed by atoms with Crippen LogP contribution in [0.1, 0.15) is 18.4 Å². The molecule has 168 valence electrons. The molecule has 4 saturated heterocycles. The van der Waals surface area contributed by atoms with E-state index in [0.717, 1.165) is 18.5 Å². The maximum absolute atomic E-state index is 12.4. The van der Waals surface area contributed by atoms with E-state index in [0.29, 0.717) is 63.9 Å². The van der Waals surface area contributed by atoms with Crippen LogP contribution in [0.2, 0.25) is 0 Å². The Labute approximate surface area is 181 Å². The van der Waals surface area contributed by atoms with Gasteiger partial charge in [0, 0.05) is 45.6 Å². The molecule has 0 aromatic heterocycles. The third kappa shape index (κ3) is 3.64. The molecule has 4 aliphatic heterocycles. The number of carbonyl (C=O) groups is 2. The molecule has 2 amide bonds. The SMILES string of the molecule is COc1cc(CN2CC[C@@]34OCCN3C(=O)C[C@@H]24)ccc1OCC(=O)N1CCOCC1. The fourth-order valence-electron chi connectivity index (χ4n) is 5.27. The first-order valence-electron chi connectivity index (χ1n) is 10.9. The third-order valence-corrected chi connectivity index (χ3v) is 6.84. The van der Waals surface area contributed by atoms with Gasteiger partial charge >= 0.3 is 0 Å². The Morgan fingerprint density at radius 3 is 2.81 bits per heavy atom. The van der Waals surface area contributed by atoms with E-state index in [9.17, 15) is 9.59 Å². The van der Waals surface area contributed by atoms with E-state index in [2.05, 4.69) is 4.90 Å². The van der Waals surface area contributed by atoms with Gasteiger partial charge in [-0.3, -0.25) is 14.5 Å². The number of rotatable bonds is 6. The van der Waals surface area contributed by atoms with E-state index in [1.54, 1.807) is 12.0 Å². The summed E-state index contributed by atoms with van der Waals surface area (Å²) in [5.41, 5.74) is 0.647. The van der Waals surface area contributed by atoms with Crippen molar-refractivity contribution in [2.45, 2.75) is 31.2 Å². The zero-order chi connectivity index (χ0) is 21.4. The maximum Gasteiger partial charge on any atom is 0.260 e. The number of hydrogen-bond acceptors (Lipinski definition) is 7. The maximum atomic E-state index is 12.4. The van der Waals surface area contributed by atoms with Gasteiger partial charge in [-0.15, -0.1) is 0 Å². The van der Waals surface area contributed by atoms with Crippen LogP contribution in [-0.2, 0) is 25.6 Å². The molecule has 1 aromatic carbocycles. The highest BCUT2D eigenvalue weighted by molar-refractivity contribution is 5.81. The van der Waals surface area contributed by atoms with E-state index in [-0.39, 0.29) is 24.5 Å². The summed E-state index contributed by atoms with van der Waals surface area (Å²) >= 11 is 0. The first-order valence-corrected chi connectivity index (χ1v) is 10.9. The molecule has 5 rings (SSSR count). The highest BCUT2D eigenvalue weighted by atomic mass is 16.5. The van der Waals surface area contributed by atoms with Gasteiger partial charge in [0.05, 0.1) is 33.0 Å². The van der Waals surface area contributed by atoms with Crippen LogP contribution in [0.15, 0.2) is 18.2 Å². The second-order valence-corrected chi connectivity index (χ2v) is 8.45. The monoisotopic (exact) mass is 431 g/mol. The van der Waals surface area contributed by atoms with Crippen LogP contribution in [0.4, 0.5) is 0 Å². The number of amides is 2. The van der Waals surface area contributed by atoms with E-state index < -0.39 is 5.72 Å². The van der Waals surface area contributed by atoms with Gasteiger partial charge in [-0.05, 0) is 17.7 Å². The van der Waals surface area contributed by atoms with Crippen molar-refractivity contribution in [2.24, 2.45) is 0 Å². The summed E-state index contributed by atoms with van der Waals surface area (Å²) in [6.07, 6.45) is 1.37. The molecule has 2 atom stereocenters. The predicted molar refractivity (Wildman–Crippen MR) is 110 cm³/mol. The molecule has 1 spiro atoms. The Morgan fingerprint density at radius 1 is 1.16 bits per heavy atom. The van der Waals surface area contributed by atoms with Gasteiger partial charge in [0.2, 0.25) is 5.91 Å². The summed E-state index contributed by atoms with van der Waals surface area (Å²) in [6, 6.07) is 5.89. The molecule has 31 heavy (non-hydrogen) atoms. The highest BCUT2D eigenvalue weighted by Crippen LogP contribution is 2.46. The molecule has 0 saturated carbocycles. The molecule has 0 bridgehead atoms. The van der Waals surface area contributed by atoms with Crippen LogP contribution in [0.5, 0.6) is 11.5 Å². The lowest BCUT2D eigenvalue weighted by atomic mass is 10.1. The molecule has 1 aromatic rings. The van der Waals surface area contributed by atoms with Gasteiger partial charge in [0.25, 0.3) is 5.91 Å². The smallest absolute Gasteiger partial charge is 0.260 e. The van der Waals surface area contributed by atoms with Crippen LogP contribution >= 0.6 is 0 Å². The average molecular weight is 431 g/mol. The Kier molecular flexibility index (Phi) is 5.49. The van der Waals surface area contributed by atoms with Gasteiger partial charge in [-0.25, -0.2) is 0 Å². The fourth-order valence-corrected chi connectivity index (χ4v) is 5.27. The number of methoxy groups -OCH3 is 1. The molecule has 0 aliphatic carbocycles. The molecule has 4 aliphatic rings. The topological polar surface area (TPSA) is 80.8 Å². The number of likely N-dealkylation sites (tertiary alicyclic amines) is 1. The Hall–Kier alpha value is -2.36. The molecule has 4 heterocycles. The normalized spacial score (nSPS) is 28.0. The van der Waals surface area contributed by atoms with Gasteiger partial charge in [-0.2, -0.15) is 0 Å².